The molecule has 6 nitrogen and oxygen atoms in total. The number of likely N-dealkylation sites (N-methyl/N-ethyl adjacent to an activating group) is 1. The topological polar surface area (TPSA) is 61.9 Å². The Kier molecular flexibility index (Phi) is 5.34. The van der Waals surface area contributed by atoms with E-state index in [4.69, 9.17) is 4.74 Å². The van der Waals surface area contributed by atoms with Gasteiger partial charge in [-0.3, -0.25) is 9.59 Å². The van der Waals surface area contributed by atoms with Gasteiger partial charge in [0.1, 0.15) is 12.4 Å². The van der Waals surface area contributed by atoms with Crippen LogP contribution in [0.5, 0.6) is 5.75 Å². The number of fused-ring (bicyclic) bond motifs is 1. The molecule has 6 heteroatoms. The number of anilines is 1. The Morgan fingerprint density at radius 3 is 2.54 bits per heavy atom. The summed E-state index contributed by atoms with van der Waals surface area (Å²) in [5.41, 5.74) is 1.65. The predicted molar refractivity (Wildman–Crippen MR) is 111 cm³/mol. The molecule has 1 saturated carbocycles. The summed E-state index contributed by atoms with van der Waals surface area (Å²) in [4.78, 5) is 28.6. The van der Waals surface area contributed by atoms with E-state index in [0.717, 1.165) is 30.7 Å². The molecule has 2 aliphatic rings. The molecule has 1 fully saturated rings. The van der Waals surface area contributed by atoms with E-state index in [9.17, 15) is 9.59 Å². The first kappa shape index (κ1) is 20.5. The van der Waals surface area contributed by atoms with Gasteiger partial charge in [-0.05, 0) is 42.9 Å². The zero-order valence-electron chi connectivity index (χ0n) is 18.0. The summed E-state index contributed by atoms with van der Waals surface area (Å²) >= 11 is 0. The van der Waals surface area contributed by atoms with Crippen LogP contribution in [0, 0.1) is 5.41 Å². The summed E-state index contributed by atoms with van der Waals surface area (Å²) < 4.78 is 5.88. The second-order valence-corrected chi connectivity index (χ2v) is 9.73. The monoisotopic (exact) mass is 387 g/mol. The summed E-state index contributed by atoms with van der Waals surface area (Å²) in [6.07, 6.45) is 3.51. The molecule has 2 amide bonds. The Labute approximate surface area is 168 Å². The summed E-state index contributed by atoms with van der Waals surface area (Å²) in [5, 5.41) is 3.28. The van der Waals surface area contributed by atoms with Crippen LogP contribution in [0.4, 0.5) is 5.69 Å². The zero-order valence-corrected chi connectivity index (χ0v) is 18.0. The van der Waals surface area contributed by atoms with Crippen molar-refractivity contribution < 1.29 is 14.3 Å². The molecule has 1 heterocycles. The van der Waals surface area contributed by atoms with Crippen LogP contribution in [0.3, 0.4) is 0 Å². The lowest BCUT2D eigenvalue weighted by atomic mass is 9.86. The maximum atomic E-state index is 12.7. The van der Waals surface area contributed by atoms with E-state index in [1.807, 2.05) is 19.2 Å². The van der Waals surface area contributed by atoms with Crippen molar-refractivity contribution in [1.82, 2.24) is 10.2 Å². The molecule has 1 aliphatic carbocycles. The Morgan fingerprint density at radius 1 is 1.29 bits per heavy atom. The summed E-state index contributed by atoms with van der Waals surface area (Å²) in [7, 11) is 5.44. The van der Waals surface area contributed by atoms with Crippen LogP contribution < -0.4 is 15.0 Å². The number of nitrogens with zero attached hydrogens (tertiary/aromatic N) is 2. The fraction of sp³-hybridized carbons (Fsp3) is 0.636. The van der Waals surface area contributed by atoms with Crippen LogP contribution in [0.2, 0.25) is 0 Å². The maximum Gasteiger partial charge on any atom is 0.253 e. The highest BCUT2D eigenvalue weighted by atomic mass is 16.5. The van der Waals surface area contributed by atoms with Gasteiger partial charge in [-0.15, -0.1) is 0 Å². The van der Waals surface area contributed by atoms with Crippen molar-refractivity contribution in [2.24, 2.45) is 5.41 Å². The van der Waals surface area contributed by atoms with Gasteiger partial charge in [-0.1, -0.05) is 20.8 Å². The van der Waals surface area contributed by atoms with Gasteiger partial charge in [-0.25, -0.2) is 0 Å². The van der Waals surface area contributed by atoms with Gasteiger partial charge in [0.05, 0.1) is 18.2 Å². The number of carbonyl (C=O) groups is 2. The maximum absolute atomic E-state index is 12.7. The van der Waals surface area contributed by atoms with Crippen molar-refractivity contribution >= 4 is 17.5 Å². The summed E-state index contributed by atoms with van der Waals surface area (Å²) in [6, 6.07) is 5.42. The van der Waals surface area contributed by atoms with Crippen molar-refractivity contribution in [1.29, 1.82) is 0 Å². The van der Waals surface area contributed by atoms with Gasteiger partial charge < -0.3 is 19.9 Å². The van der Waals surface area contributed by atoms with Gasteiger partial charge in [-0.2, -0.15) is 0 Å². The zero-order chi connectivity index (χ0) is 20.7. The predicted octanol–water partition coefficient (Wildman–Crippen LogP) is 3.06. The van der Waals surface area contributed by atoms with Crippen LogP contribution in [0.25, 0.3) is 0 Å². The van der Waals surface area contributed by atoms with Crippen LogP contribution >= 0.6 is 0 Å². The first-order valence-electron chi connectivity index (χ1n) is 10.0. The molecule has 0 aromatic heterocycles. The fourth-order valence-electron chi connectivity index (χ4n) is 4.07. The third kappa shape index (κ3) is 4.59. The quantitative estimate of drug-likeness (QED) is 0.844. The lowest BCUT2D eigenvalue weighted by Gasteiger charge is -2.36. The molecule has 0 radical (unpaired) electrons. The Morgan fingerprint density at radius 2 is 1.96 bits per heavy atom. The highest BCUT2D eigenvalue weighted by molar-refractivity contribution is 5.95. The first-order chi connectivity index (χ1) is 13.0. The molecule has 1 unspecified atom stereocenters. The average Bonchev–Trinajstić information content (AvgIpc) is 3.33. The molecule has 1 aromatic rings. The molecule has 1 aliphatic heterocycles. The number of carbonyl (C=O) groups excluding carboxylic acids is 2. The Bertz CT molecular complexity index is 763. The van der Waals surface area contributed by atoms with Crippen molar-refractivity contribution in [3.63, 3.8) is 0 Å². The third-order valence-corrected chi connectivity index (χ3v) is 5.52. The van der Waals surface area contributed by atoms with Crippen LogP contribution in [-0.4, -0.2) is 56.0 Å². The van der Waals surface area contributed by atoms with E-state index in [-0.39, 0.29) is 28.8 Å². The van der Waals surface area contributed by atoms with Crippen molar-refractivity contribution in [3.8, 4) is 5.75 Å². The molecule has 1 atom stereocenters. The number of amides is 2. The van der Waals surface area contributed by atoms with Gasteiger partial charge in [0.2, 0.25) is 5.91 Å². The molecule has 0 bridgehead atoms. The van der Waals surface area contributed by atoms with Crippen LogP contribution in [-0.2, 0) is 4.79 Å². The number of rotatable bonds is 5. The standard InChI is InChI=1S/C22H33N3O3/c1-21(2,3)14-22(9-10-22)23-19(26)12-16-13-28-18-8-7-15(20(27)24(4)5)11-17(18)25(16)6/h7-8,11,16H,9-10,12-14H2,1-6H3,(H,23,26). The summed E-state index contributed by atoms with van der Waals surface area (Å²) in [5.74, 6) is 0.779. The Hall–Kier alpha value is -2.24. The minimum absolute atomic E-state index is 0.0212. The largest absolute Gasteiger partial charge is 0.489 e. The lowest BCUT2D eigenvalue weighted by molar-refractivity contribution is -0.122. The molecule has 28 heavy (non-hydrogen) atoms. The van der Waals surface area contributed by atoms with Crippen LogP contribution in [0.15, 0.2) is 18.2 Å². The average molecular weight is 388 g/mol. The Balaban J connectivity index is 1.67. The van der Waals surface area contributed by atoms with E-state index in [1.54, 1.807) is 25.1 Å². The van der Waals surface area contributed by atoms with E-state index in [2.05, 4.69) is 31.0 Å². The SMILES string of the molecule is CN(C)C(=O)c1ccc2c(c1)N(C)C(CC(=O)NC1(CC(C)(C)C)CC1)CO2. The smallest absolute Gasteiger partial charge is 0.253 e. The molecule has 0 saturated heterocycles. The second kappa shape index (κ2) is 7.30. The molecule has 0 spiro atoms. The van der Waals surface area contributed by atoms with Gasteiger partial charge in [0.15, 0.2) is 0 Å². The highest BCUT2D eigenvalue weighted by Crippen LogP contribution is 2.44. The van der Waals surface area contributed by atoms with Gasteiger partial charge in [0, 0.05) is 32.2 Å². The van der Waals surface area contributed by atoms with Crippen LogP contribution in [0.1, 0.15) is 56.8 Å². The van der Waals surface area contributed by atoms with E-state index in [1.165, 1.54) is 0 Å². The second-order valence-electron chi connectivity index (χ2n) is 9.73. The van der Waals surface area contributed by atoms with Crippen molar-refractivity contribution in [2.75, 3.05) is 32.6 Å². The van der Waals surface area contributed by atoms with E-state index in [0.29, 0.717) is 18.6 Å². The fourth-order valence-corrected chi connectivity index (χ4v) is 4.07. The normalized spacial score (nSPS) is 20.1. The number of hydrogen-bond acceptors (Lipinski definition) is 4. The highest BCUT2D eigenvalue weighted by Gasteiger charge is 2.46. The van der Waals surface area contributed by atoms with E-state index >= 15 is 0 Å². The van der Waals surface area contributed by atoms with E-state index < -0.39 is 0 Å². The first-order valence-corrected chi connectivity index (χ1v) is 10.0. The summed E-state index contributed by atoms with van der Waals surface area (Å²) in [6.45, 7) is 7.10. The number of ether oxygens (including phenoxy) is 1. The third-order valence-electron chi connectivity index (χ3n) is 5.52. The lowest BCUT2D eigenvalue weighted by Crippen LogP contribution is -2.46. The number of hydrogen-bond donors (Lipinski definition) is 1. The van der Waals surface area contributed by atoms with Gasteiger partial charge in [0.25, 0.3) is 5.91 Å². The minimum Gasteiger partial charge on any atom is -0.489 e. The molecular formula is C22H33N3O3. The molecule has 3 rings (SSSR count). The molecule has 1 N–H and O–H groups in total. The molecule has 1 aromatic carbocycles. The minimum atomic E-state index is -0.0531. The molecule has 154 valence electrons. The van der Waals surface area contributed by atoms with Crippen molar-refractivity contribution in [3.05, 3.63) is 23.8 Å². The number of nitrogens with one attached hydrogen (secondary N) is 1. The number of benzene rings is 1. The van der Waals surface area contributed by atoms with Gasteiger partial charge >= 0.3 is 0 Å². The molecular weight excluding hydrogens is 354 g/mol. The van der Waals surface area contributed by atoms with Crippen molar-refractivity contribution in [2.45, 2.75) is 58.0 Å².